The number of nitrogens with zero attached hydrogens (tertiary/aromatic N) is 2. The van der Waals surface area contributed by atoms with Crippen LogP contribution in [0.1, 0.15) is 25.7 Å². The van der Waals surface area contributed by atoms with Crippen molar-refractivity contribution in [3.8, 4) is 0 Å². The lowest BCUT2D eigenvalue weighted by atomic mass is 10.2. The molecule has 1 saturated carbocycles. The molecule has 0 N–H and O–H groups in total. The summed E-state index contributed by atoms with van der Waals surface area (Å²) in [5.41, 5.74) is 0. The molecule has 0 amide bonds. The first-order valence-corrected chi connectivity index (χ1v) is 7.77. The fourth-order valence-corrected chi connectivity index (χ4v) is 3.07. The van der Waals surface area contributed by atoms with Crippen molar-refractivity contribution in [1.82, 2.24) is 4.98 Å². The van der Waals surface area contributed by atoms with Crippen molar-refractivity contribution in [3.63, 3.8) is 0 Å². The van der Waals surface area contributed by atoms with Gasteiger partial charge >= 0.3 is 0 Å². The summed E-state index contributed by atoms with van der Waals surface area (Å²) in [6.45, 7) is 0.802. The number of aromatic nitrogens is 1. The molecule has 0 unspecified atom stereocenters. The summed E-state index contributed by atoms with van der Waals surface area (Å²) in [5, 5.41) is 0.834. The predicted molar refractivity (Wildman–Crippen MR) is 75.3 cm³/mol. The van der Waals surface area contributed by atoms with Crippen molar-refractivity contribution in [1.29, 1.82) is 0 Å². The monoisotopic (exact) mass is 364 g/mol. The molecule has 5 heteroatoms. The van der Waals surface area contributed by atoms with Crippen LogP contribution in [0.4, 0.5) is 10.2 Å². The fraction of sp³-hybridized carbons (Fsp3) is 0.583. The molecular weight excluding hydrogens is 351 g/mol. The SMILES string of the molecule is Fc1cc(Br)cnc1N(CCBr)C1CCCC1. The lowest BCUT2D eigenvalue weighted by Gasteiger charge is -2.29. The molecule has 0 atom stereocenters. The van der Waals surface area contributed by atoms with E-state index in [1.807, 2.05) is 0 Å². The third kappa shape index (κ3) is 3.19. The molecule has 1 aliphatic carbocycles. The van der Waals surface area contributed by atoms with Gasteiger partial charge in [-0.25, -0.2) is 9.37 Å². The van der Waals surface area contributed by atoms with E-state index in [0.717, 1.165) is 24.7 Å². The van der Waals surface area contributed by atoms with Gasteiger partial charge in [-0.2, -0.15) is 0 Å². The first-order chi connectivity index (χ1) is 8.22. The van der Waals surface area contributed by atoms with Gasteiger partial charge in [0.05, 0.1) is 0 Å². The summed E-state index contributed by atoms with van der Waals surface area (Å²) < 4.78 is 14.6. The Hall–Kier alpha value is -0.160. The van der Waals surface area contributed by atoms with Crippen molar-refractivity contribution < 1.29 is 4.39 Å². The van der Waals surface area contributed by atoms with Crippen molar-refractivity contribution in [2.75, 3.05) is 16.8 Å². The van der Waals surface area contributed by atoms with Gasteiger partial charge in [-0.3, -0.25) is 0 Å². The molecule has 0 aliphatic heterocycles. The Labute approximate surface area is 118 Å². The molecular formula is C12H15Br2FN2. The summed E-state index contributed by atoms with van der Waals surface area (Å²) in [4.78, 5) is 6.33. The third-order valence-electron chi connectivity index (χ3n) is 3.15. The molecule has 94 valence electrons. The van der Waals surface area contributed by atoms with Crippen LogP contribution in [0.2, 0.25) is 0 Å². The van der Waals surface area contributed by atoms with E-state index in [9.17, 15) is 4.39 Å². The highest BCUT2D eigenvalue weighted by Gasteiger charge is 2.25. The Balaban J connectivity index is 2.24. The van der Waals surface area contributed by atoms with Crippen LogP contribution in [-0.4, -0.2) is 22.9 Å². The lowest BCUT2D eigenvalue weighted by molar-refractivity contribution is 0.569. The predicted octanol–water partition coefficient (Wildman–Crippen LogP) is 4.13. The summed E-state index contributed by atoms with van der Waals surface area (Å²) >= 11 is 6.67. The van der Waals surface area contributed by atoms with E-state index < -0.39 is 0 Å². The van der Waals surface area contributed by atoms with Gasteiger partial charge in [-0.05, 0) is 34.8 Å². The highest BCUT2D eigenvalue weighted by molar-refractivity contribution is 9.10. The molecule has 1 heterocycles. The largest absolute Gasteiger partial charge is 0.350 e. The minimum absolute atomic E-state index is 0.243. The van der Waals surface area contributed by atoms with Crippen LogP contribution in [0.3, 0.4) is 0 Å². The minimum Gasteiger partial charge on any atom is -0.350 e. The molecule has 0 aromatic carbocycles. The van der Waals surface area contributed by atoms with E-state index >= 15 is 0 Å². The topological polar surface area (TPSA) is 16.1 Å². The molecule has 1 aliphatic rings. The zero-order chi connectivity index (χ0) is 12.3. The smallest absolute Gasteiger partial charge is 0.166 e. The molecule has 0 radical (unpaired) electrons. The number of hydrogen-bond acceptors (Lipinski definition) is 2. The Bertz CT molecular complexity index is 381. The maximum atomic E-state index is 13.9. The van der Waals surface area contributed by atoms with Crippen molar-refractivity contribution in [3.05, 3.63) is 22.6 Å². The number of alkyl halides is 1. The number of hydrogen-bond donors (Lipinski definition) is 0. The standard InChI is InChI=1S/C12H15Br2FN2/c13-5-6-17(10-3-1-2-4-10)12-11(15)7-9(14)8-16-12/h7-8,10H,1-6H2. The van der Waals surface area contributed by atoms with Gasteiger partial charge in [0.1, 0.15) is 0 Å². The second kappa shape index (κ2) is 6.14. The summed E-state index contributed by atoms with van der Waals surface area (Å²) in [7, 11) is 0. The number of anilines is 1. The highest BCUT2D eigenvalue weighted by atomic mass is 79.9. The van der Waals surface area contributed by atoms with E-state index in [4.69, 9.17) is 0 Å². The van der Waals surface area contributed by atoms with Crippen molar-refractivity contribution >= 4 is 37.7 Å². The molecule has 2 nitrogen and oxygen atoms in total. The Morgan fingerprint density at radius 2 is 2.12 bits per heavy atom. The minimum atomic E-state index is -0.243. The molecule has 0 saturated heterocycles. The van der Waals surface area contributed by atoms with Crippen LogP contribution >= 0.6 is 31.9 Å². The Morgan fingerprint density at radius 1 is 1.41 bits per heavy atom. The van der Waals surface area contributed by atoms with E-state index in [0.29, 0.717) is 16.3 Å². The highest BCUT2D eigenvalue weighted by Crippen LogP contribution is 2.29. The van der Waals surface area contributed by atoms with Crippen LogP contribution in [0, 0.1) is 5.82 Å². The van der Waals surface area contributed by atoms with Crippen LogP contribution in [0.25, 0.3) is 0 Å². The van der Waals surface area contributed by atoms with Gasteiger partial charge in [0.25, 0.3) is 0 Å². The number of halogens is 3. The fourth-order valence-electron chi connectivity index (χ4n) is 2.39. The molecule has 1 fully saturated rings. The van der Waals surface area contributed by atoms with Crippen LogP contribution in [0.5, 0.6) is 0 Å². The molecule has 0 spiro atoms. The van der Waals surface area contributed by atoms with E-state index in [2.05, 4.69) is 41.7 Å². The zero-order valence-corrected chi connectivity index (χ0v) is 12.7. The van der Waals surface area contributed by atoms with Gasteiger partial charge in [-0.15, -0.1) is 0 Å². The van der Waals surface area contributed by atoms with Gasteiger partial charge in [0, 0.05) is 28.6 Å². The Morgan fingerprint density at radius 3 is 2.71 bits per heavy atom. The molecule has 2 rings (SSSR count). The second-order valence-corrected chi connectivity index (χ2v) is 5.99. The summed E-state index contributed by atoms with van der Waals surface area (Å²) in [6, 6.07) is 1.93. The van der Waals surface area contributed by atoms with Gasteiger partial charge in [0.15, 0.2) is 11.6 Å². The first-order valence-electron chi connectivity index (χ1n) is 5.86. The zero-order valence-electron chi connectivity index (χ0n) is 9.50. The summed E-state index contributed by atoms with van der Waals surface area (Å²) in [5.74, 6) is 0.242. The molecule has 1 aromatic rings. The number of rotatable bonds is 4. The third-order valence-corrected chi connectivity index (χ3v) is 3.94. The molecule has 1 aromatic heterocycles. The maximum Gasteiger partial charge on any atom is 0.166 e. The molecule has 0 bridgehead atoms. The van der Waals surface area contributed by atoms with E-state index in [-0.39, 0.29) is 5.82 Å². The average Bonchev–Trinajstić information content (AvgIpc) is 2.80. The normalized spacial score (nSPS) is 16.4. The van der Waals surface area contributed by atoms with E-state index in [1.54, 1.807) is 6.20 Å². The van der Waals surface area contributed by atoms with Gasteiger partial charge in [-0.1, -0.05) is 28.8 Å². The Kier molecular flexibility index (Phi) is 4.79. The summed E-state index contributed by atoms with van der Waals surface area (Å²) in [6.07, 6.45) is 6.42. The lowest BCUT2D eigenvalue weighted by Crippen LogP contribution is -2.36. The van der Waals surface area contributed by atoms with Gasteiger partial charge in [0.2, 0.25) is 0 Å². The number of pyridine rings is 1. The first kappa shape index (κ1) is 13.3. The van der Waals surface area contributed by atoms with Crippen LogP contribution in [-0.2, 0) is 0 Å². The van der Waals surface area contributed by atoms with Gasteiger partial charge < -0.3 is 4.90 Å². The second-order valence-electron chi connectivity index (χ2n) is 4.28. The van der Waals surface area contributed by atoms with Crippen LogP contribution < -0.4 is 4.90 Å². The molecule has 17 heavy (non-hydrogen) atoms. The van der Waals surface area contributed by atoms with Crippen LogP contribution in [0.15, 0.2) is 16.7 Å². The van der Waals surface area contributed by atoms with Crippen molar-refractivity contribution in [2.24, 2.45) is 0 Å². The quantitative estimate of drug-likeness (QED) is 0.746. The average molecular weight is 366 g/mol. The maximum absolute atomic E-state index is 13.9. The van der Waals surface area contributed by atoms with Crippen molar-refractivity contribution in [2.45, 2.75) is 31.7 Å². The van der Waals surface area contributed by atoms with E-state index in [1.165, 1.54) is 18.9 Å².